The van der Waals surface area contributed by atoms with Crippen molar-refractivity contribution in [3.8, 4) is 0 Å². The van der Waals surface area contributed by atoms with Gasteiger partial charge in [0.05, 0.1) is 34.4 Å². The van der Waals surface area contributed by atoms with Crippen LogP contribution in [-0.4, -0.2) is 75.6 Å². The molecule has 0 aromatic carbocycles. The first-order valence-corrected chi connectivity index (χ1v) is 30.2. The highest BCUT2D eigenvalue weighted by molar-refractivity contribution is 7.47. The van der Waals surface area contributed by atoms with Gasteiger partial charge in [-0.05, 0) is 64.2 Å². The highest BCUT2D eigenvalue weighted by atomic mass is 31.2. The van der Waals surface area contributed by atoms with Crippen LogP contribution in [0.5, 0.6) is 0 Å². The maximum Gasteiger partial charge on any atom is 0.472 e. The molecule has 0 radical (unpaired) electrons. The number of hydrogen-bond donors (Lipinski definition) is 1. The van der Waals surface area contributed by atoms with Gasteiger partial charge in [0, 0.05) is 13.0 Å². The second-order valence-electron chi connectivity index (χ2n) is 20.3. The van der Waals surface area contributed by atoms with E-state index in [0.29, 0.717) is 24.1 Å². The Morgan fingerprint density at radius 1 is 0.464 bits per heavy atom. The van der Waals surface area contributed by atoms with Gasteiger partial charge in [-0.2, -0.15) is 0 Å². The minimum atomic E-state index is -4.30. The quantitative estimate of drug-likeness (QED) is 0.0213. The van der Waals surface area contributed by atoms with Gasteiger partial charge >= 0.3 is 13.8 Å². The van der Waals surface area contributed by atoms with Gasteiger partial charge < -0.3 is 18.9 Å². The zero-order valence-corrected chi connectivity index (χ0v) is 46.7. The fraction of sp³-hybridized carbons (Fsp3) is 0.783. The summed E-state index contributed by atoms with van der Waals surface area (Å²) in [4.78, 5) is 23.0. The van der Waals surface area contributed by atoms with Crippen LogP contribution < -0.4 is 0 Å². The summed E-state index contributed by atoms with van der Waals surface area (Å²) in [7, 11) is 1.64. The molecule has 0 saturated heterocycles. The fourth-order valence-electron chi connectivity index (χ4n) is 7.91. The number of nitrogens with zero attached hydrogens (tertiary/aromatic N) is 1. The third-order valence-electron chi connectivity index (χ3n) is 12.3. The molecule has 1 N–H and O–H groups in total. The first-order valence-electron chi connectivity index (χ1n) is 28.7. The summed E-state index contributed by atoms with van der Waals surface area (Å²) in [5.41, 5.74) is 0. The molecule has 69 heavy (non-hydrogen) atoms. The second kappa shape index (κ2) is 52.3. The Morgan fingerprint density at radius 2 is 0.841 bits per heavy atom. The van der Waals surface area contributed by atoms with Crippen LogP contribution in [0.15, 0.2) is 72.9 Å². The normalized spacial score (nSPS) is 14.0. The number of unbranched alkanes of at least 4 members (excludes halogenated alkanes) is 27. The Hall–Kier alpha value is -2.06. The van der Waals surface area contributed by atoms with E-state index in [1.165, 1.54) is 154 Å². The van der Waals surface area contributed by atoms with Crippen molar-refractivity contribution in [1.82, 2.24) is 0 Å². The van der Waals surface area contributed by atoms with Gasteiger partial charge in [-0.25, -0.2) is 4.57 Å². The van der Waals surface area contributed by atoms with Gasteiger partial charge in [-0.3, -0.25) is 13.8 Å². The predicted octanol–water partition coefficient (Wildman–Crippen LogP) is 18.2. The van der Waals surface area contributed by atoms with Gasteiger partial charge in [-0.15, -0.1) is 0 Å². The Morgan fingerprint density at radius 3 is 1.23 bits per heavy atom. The molecule has 0 aromatic heterocycles. The molecule has 0 spiro atoms. The summed E-state index contributed by atoms with van der Waals surface area (Å²) in [6.07, 6.45) is 69.8. The molecule has 0 saturated carbocycles. The van der Waals surface area contributed by atoms with Crippen molar-refractivity contribution < 1.29 is 37.3 Å². The number of carbonyl (C=O) groups excluding carboxylic acids is 1. The molecule has 0 heterocycles. The van der Waals surface area contributed by atoms with E-state index in [0.717, 1.165) is 64.2 Å². The number of phosphoric acid groups is 1. The molecule has 0 aromatic rings. The second-order valence-corrected chi connectivity index (χ2v) is 21.8. The molecule has 0 amide bonds. The van der Waals surface area contributed by atoms with Crippen molar-refractivity contribution in [1.29, 1.82) is 0 Å². The van der Waals surface area contributed by atoms with Crippen LogP contribution in [0.3, 0.4) is 0 Å². The molecule has 0 aliphatic carbocycles. The number of rotatable bonds is 53. The topological polar surface area (TPSA) is 91.3 Å². The van der Waals surface area contributed by atoms with Crippen LogP contribution in [0.25, 0.3) is 0 Å². The van der Waals surface area contributed by atoms with Crippen molar-refractivity contribution in [2.24, 2.45) is 0 Å². The largest absolute Gasteiger partial charge is 0.472 e. The highest BCUT2D eigenvalue weighted by Crippen LogP contribution is 2.43. The third kappa shape index (κ3) is 56.7. The van der Waals surface area contributed by atoms with E-state index in [2.05, 4.69) is 86.8 Å². The summed E-state index contributed by atoms with van der Waals surface area (Å²) in [6, 6.07) is 0. The van der Waals surface area contributed by atoms with Gasteiger partial charge in [-0.1, -0.05) is 247 Å². The summed E-state index contributed by atoms with van der Waals surface area (Å²) < 4.78 is 35.2. The zero-order chi connectivity index (χ0) is 50.5. The summed E-state index contributed by atoms with van der Waals surface area (Å²) in [5.74, 6) is -0.353. The highest BCUT2D eigenvalue weighted by Gasteiger charge is 2.26. The van der Waals surface area contributed by atoms with E-state index in [1.54, 1.807) is 0 Å². The van der Waals surface area contributed by atoms with E-state index in [4.69, 9.17) is 18.5 Å². The molecule has 0 rings (SSSR count). The third-order valence-corrected chi connectivity index (χ3v) is 13.3. The maximum atomic E-state index is 12.8. The van der Waals surface area contributed by atoms with Crippen LogP contribution in [0.4, 0.5) is 0 Å². The molecule has 0 bridgehead atoms. The molecule has 9 heteroatoms. The zero-order valence-electron chi connectivity index (χ0n) is 45.8. The van der Waals surface area contributed by atoms with Crippen LogP contribution >= 0.6 is 7.82 Å². The Labute approximate surface area is 427 Å². The SMILES string of the molecule is CC/C=C\C/C=C\C/C=C\C/C=C\C/C=C\C/C=C\CCCCC(=O)OC(COCCCCCCCCCCCCCCCCCCCCCCCCCCCC)COP(=O)(O)OCC[N+](C)(C)C. The van der Waals surface area contributed by atoms with Gasteiger partial charge in [0.2, 0.25) is 0 Å². The number of phosphoric ester groups is 1. The van der Waals surface area contributed by atoms with E-state index < -0.39 is 13.9 Å². The number of esters is 1. The van der Waals surface area contributed by atoms with Crippen LogP contribution in [0, 0.1) is 0 Å². The molecular weight excluding hydrogens is 878 g/mol. The van der Waals surface area contributed by atoms with Crippen LogP contribution in [-0.2, 0) is 27.9 Å². The number of carbonyl (C=O) groups is 1. The lowest BCUT2D eigenvalue weighted by Crippen LogP contribution is -2.37. The van der Waals surface area contributed by atoms with Crippen LogP contribution in [0.1, 0.15) is 245 Å². The molecule has 0 aliphatic rings. The molecule has 0 aliphatic heterocycles. The lowest BCUT2D eigenvalue weighted by atomic mass is 10.0. The Kier molecular flexibility index (Phi) is 50.7. The molecule has 0 fully saturated rings. The van der Waals surface area contributed by atoms with Gasteiger partial charge in [0.1, 0.15) is 19.3 Å². The van der Waals surface area contributed by atoms with Gasteiger partial charge in [0.15, 0.2) is 0 Å². The Balaban J connectivity index is 4.12. The van der Waals surface area contributed by atoms with E-state index in [9.17, 15) is 14.3 Å². The molecule has 8 nitrogen and oxygen atoms in total. The summed E-state index contributed by atoms with van der Waals surface area (Å²) >= 11 is 0. The minimum absolute atomic E-state index is 0.0780. The maximum absolute atomic E-state index is 12.8. The lowest BCUT2D eigenvalue weighted by molar-refractivity contribution is -0.870. The first kappa shape index (κ1) is 66.9. The standard InChI is InChI=1S/C60H110NO7P/c1-6-8-10-12-14-16-18-20-22-24-26-28-29-30-31-32-34-36-38-40-42-44-46-48-50-52-55-65-57-59(58-67-69(63,64)66-56-54-61(3,4)5)68-60(62)53-51-49-47-45-43-41-39-37-35-33-27-25-23-21-19-17-15-13-11-9-7-2/h9,11,15,17,21,23,27,33,37,39,43,45,59H,6-8,10,12-14,16,18-20,22,24-26,28-32,34-36,38,40-42,44,46-58H2,1-5H3/p+1/b11-9-,17-15-,23-21-,33-27-,39-37-,45-43-. The minimum Gasteiger partial charge on any atom is -0.457 e. The predicted molar refractivity (Wildman–Crippen MR) is 298 cm³/mol. The van der Waals surface area contributed by atoms with Gasteiger partial charge in [0.25, 0.3) is 0 Å². The average molecular weight is 990 g/mol. The summed E-state index contributed by atoms with van der Waals surface area (Å²) in [5, 5.41) is 0. The number of ether oxygens (including phenoxy) is 2. The monoisotopic (exact) mass is 989 g/mol. The van der Waals surface area contributed by atoms with E-state index in [1.807, 2.05) is 21.1 Å². The number of quaternary nitrogens is 1. The van der Waals surface area contributed by atoms with Crippen LogP contribution in [0.2, 0.25) is 0 Å². The lowest BCUT2D eigenvalue weighted by Gasteiger charge is -2.24. The van der Waals surface area contributed by atoms with Crippen molar-refractivity contribution in [2.45, 2.75) is 251 Å². The smallest absolute Gasteiger partial charge is 0.457 e. The van der Waals surface area contributed by atoms with E-state index in [-0.39, 0.29) is 32.2 Å². The van der Waals surface area contributed by atoms with Crippen molar-refractivity contribution in [2.75, 3.05) is 54.1 Å². The number of allylic oxidation sites excluding steroid dienone is 12. The molecule has 402 valence electrons. The fourth-order valence-corrected chi connectivity index (χ4v) is 8.65. The molecular formula is C60H111NO7P+. The van der Waals surface area contributed by atoms with Crippen molar-refractivity contribution in [3.05, 3.63) is 72.9 Å². The molecule has 2 unspecified atom stereocenters. The molecule has 2 atom stereocenters. The number of hydrogen-bond acceptors (Lipinski definition) is 6. The first-order chi connectivity index (χ1) is 33.6. The van der Waals surface area contributed by atoms with Crippen molar-refractivity contribution >= 4 is 13.8 Å². The van der Waals surface area contributed by atoms with Crippen molar-refractivity contribution in [3.63, 3.8) is 0 Å². The number of likely N-dealkylation sites (N-methyl/N-ethyl adjacent to an activating group) is 1. The van der Waals surface area contributed by atoms with E-state index >= 15 is 0 Å². The average Bonchev–Trinajstić information content (AvgIpc) is 3.31. The Bertz CT molecular complexity index is 1330. The summed E-state index contributed by atoms with van der Waals surface area (Å²) in [6.45, 7) is 5.48.